The summed E-state index contributed by atoms with van der Waals surface area (Å²) >= 11 is 7.71. The third kappa shape index (κ3) is 6.24. The Balaban J connectivity index is 1.31. The van der Waals surface area contributed by atoms with Crippen molar-refractivity contribution >= 4 is 60.5 Å². The maximum Gasteiger partial charge on any atom is 0.264 e. The molecular weight excluding hydrogens is 610 g/mol. The maximum absolute atomic E-state index is 14.1. The Morgan fingerprint density at radius 3 is 2.25 bits per heavy atom. The Hall–Kier alpha value is -4.50. The lowest BCUT2D eigenvalue weighted by molar-refractivity contribution is 0.102. The zero-order valence-corrected chi connectivity index (χ0v) is 26.4. The van der Waals surface area contributed by atoms with Crippen LogP contribution in [0.5, 0.6) is 0 Å². The van der Waals surface area contributed by atoms with Gasteiger partial charge in [0, 0.05) is 16.3 Å². The smallest absolute Gasteiger partial charge is 0.264 e. The molecule has 1 amide bonds. The molecule has 5 aromatic carbocycles. The van der Waals surface area contributed by atoms with Crippen LogP contribution in [0.4, 0.5) is 11.4 Å². The van der Waals surface area contributed by atoms with Crippen LogP contribution in [-0.2, 0) is 16.6 Å². The first-order valence-corrected chi connectivity index (χ1v) is 16.5. The molecule has 1 N–H and O–H groups in total. The topological polar surface area (TPSA) is 79.4 Å². The Morgan fingerprint density at radius 2 is 1.52 bits per heavy atom. The molecule has 1 heterocycles. The van der Waals surface area contributed by atoms with Gasteiger partial charge in [-0.05, 0) is 97.8 Å². The molecule has 0 aliphatic carbocycles. The van der Waals surface area contributed by atoms with Crippen molar-refractivity contribution in [2.45, 2.75) is 25.3 Å². The number of nitrogens with one attached hydrogen (secondary N) is 1. The molecule has 6 nitrogen and oxygen atoms in total. The third-order valence-corrected chi connectivity index (χ3v) is 10.3. The number of sulfonamides is 1. The fourth-order valence-electron chi connectivity index (χ4n) is 4.83. The zero-order chi connectivity index (χ0) is 30.8. The summed E-state index contributed by atoms with van der Waals surface area (Å²) in [6, 6.07) is 34.0. The number of hydrogen-bond donors (Lipinski definition) is 1. The number of amides is 1. The van der Waals surface area contributed by atoms with E-state index >= 15 is 0 Å². The third-order valence-electron chi connectivity index (χ3n) is 7.20. The molecule has 0 radical (unpaired) electrons. The van der Waals surface area contributed by atoms with E-state index in [1.54, 1.807) is 84.1 Å². The van der Waals surface area contributed by atoms with Crippen LogP contribution in [0.1, 0.15) is 27.0 Å². The van der Waals surface area contributed by atoms with E-state index in [0.717, 1.165) is 31.9 Å². The molecule has 44 heavy (non-hydrogen) atoms. The number of halogens is 1. The summed E-state index contributed by atoms with van der Waals surface area (Å²) in [5, 5.41) is 4.38. The van der Waals surface area contributed by atoms with Gasteiger partial charge >= 0.3 is 0 Å². The molecule has 0 atom stereocenters. The van der Waals surface area contributed by atoms with Crippen molar-refractivity contribution < 1.29 is 13.2 Å². The van der Waals surface area contributed by atoms with Gasteiger partial charge in [-0.1, -0.05) is 59.6 Å². The van der Waals surface area contributed by atoms with Gasteiger partial charge in [-0.25, -0.2) is 13.4 Å². The van der Waals surface area contributed by atoms with E-state index in [-0.39, 0.29) is 22.7 Å². The Bertz CT molecular complexity index is 2070. The summed E-state index contributed by atoms with van der Waals surface area (Å²) < 4.78 is 30.5. The number of rotatable bonds is 8. The van der Waals surface area contributed by atoms with Crippen molar-refractivity contribution in [2.24, 2.45) is 0 Å². The van der Waals surface area contributed by atoms with Gasteiger partial charge in [0.1, 0.15) is 5.01 Å². The minimum Gasteiger partial charge on any atom is -0.322 e. The van der Waals surface area contributed by atoms with Gasteiger partial charge in [-0.15, -0.1) is 11.3 Å². The van der Waals surface area contributed by atoms with E-state index in [1.165, 1.54) is 9.87 Å². The largest absolute Gasteiger partial charge is 0.322 e. The number of hydrogen-bond acceptors (Lipinski definition) is 5. The van der Waals surface area contributed by atoms with Crippen LogP contribution in [0.3, 0.4) is 0 Å². The maximum atomic E-state index is 14.1. The quantitative estimate of drug-likeness (QED) is 0.181. The lowest BCUT2D eigenvalue weighted by Crippen LogP contribution is -2.32. The fourth-order valence-corrected chi connectivity index (χ4v) is 7.49. The molecule has 0 saturated carbocycles. The minimum absolute atomic E-state index is 0.00800. The second-order valence-electron chi connectivity index (χ2n) is 10.5. The van der Waals surface area contributed by atoms with Crippen LogP contribution in [-0.4, -0.2) is 19.3 Å². The van der Waals surface area contributed by atoms with Crippen LogP contribution >= 0.6 is 22.9 Å². The average molecular weight is 638 g/mol. The zero-order valence-electron chi connectivity index (χ0n) is 24.0. The number of thiazole rings is 1. The van der Waals surface area contributed by atoms with Crippen molar-refractivity contribution in [3.8, 4) is 10.6 Å². The molecule has 6 aromatic rings. The van der Waals surface area contributed by atoms with Gasteiger partial charge < -0.3 is 5.32 Å². The molecule has 1 aromatic heterocycles. The van der Waals surface area contributed by atoms with E-state index in [1.807, 2.05) is 43.3 Å². The highest BCUT2D eigenvalue weighted by Crippen LogP contribution is 2.33. The summed E-state index contributed by atoms with van der Waals surface area (Å²) in [4.78, 5) is 18.6. The molecule has 9 heteroatoms. The molecular formula is C35H28ClN3O3S2. The molecule has 0 saturated heterocycles. The Morgan fingerprint density at radius 1 is 0.841 bits per heavy atom. The van der Waals surface area contributed by atoms with Crippen molar-refractivity contribution in [2.75, 3.05) is 9.62 Å². The van der Waals surface area contributed by atoms with E-state index in [0.29, 0.717) is 10.7 Å². The fraction of sp³-hybridized carbons (Fsp3) is 0.0857. The van der Waals surface area contributed by atoms with E-state index < -0.39 is 15.9 Å². The number of anilines is 2. The van der Waals surface area contributed by atoms with Crippen molar-refractivity contribution in [3.05, 3.63) is 143 Å². The predicted molar refractivity (Wildman–Crippen MR) is 180 cm³/mol. The first kappa shape index (κ1) is 29.6. The highest BCUT2D eigenvalue weighted by atomic mass is 35.5. The number of fused-ring (bicyclic) bond motifs is 1. The lowest BCUT2D eigenvalue weighted by atomic mass is 10.1. The standard InChI is InChI=1S/C35H28ClN3O3S2/c1-23-7-18-29(19-8-23)44(41,42)39(22-25-10-14-27(36)15-11-25)32-6-4-3-5-30(32)34(40)37-28-16-12-26(13-17-28)35-38-31-20-9-24(2)21-33(31)43-35/h3-21H,22H2,1-2H3,(H,37,40). The monoisotopic (exact) mass is 637 g/mol. The predicted octanol–water partition coefficient (Wildman–Crippen LogP) is 8.88. The summed E-state index contributed by atoms with van der Waals surface area (Å²) in [7, 11) is -4.04. The molecule has 0 spiro atoms. The normalized spacial score (nSPS) is 11.4. The second kappa shape index (κ2) is 12.2. The highest BCUT2D eigenvalue weighted by molar-refractivity contribution is 7.92. The van der Waals surface area contributed by atoms with Crippen LogP contribution in [0.15, 0.2) is 120 Å². The molecule has 0 unspecified atom stereocenters. The number of para-hydroxylation sites is 1. The molecule has 0 aliphatic heterocycles. The van der Waals surface area contributed by atoms with Crippen molar-refractivity contribution in [1.82, 2.24) is 4.98 Å². The SMILES string of the molecule is Cc1ccc(S(=O)(=O)N(Cc2ccc(Cl)cc2)c2ccccc2C(=O)Nc2ccc(-c3nc4ccc(C)cc4s3)cc2)cc1. The number of aryl methyl sites for hydroxylation is 2. The summed E-state index contributed by atoms with van der Waals surface area (Å²) in [5.74, 6) is -0.427. The highest BCUT2D eigenvalue weighted by Gasteiger charge is 2.28. The molecule has 0 bridgehead atoms. The minimum atomic E-state index is -4.04. The number of benzene rings is 5. The molecule has 0 aliphatic rings. The number of aromatic nitrogens is 1. The Kier molecular flexibility index (Phi) is 8.23. The van der Waals surface area contributed by atoms with Gasteiger partial charge in [0.2, 0.25) is 0 Å². The van der Waals surface area contributed by atoms with Crippen molar-refractivity contribution in [3.63, 3.8) is 0 Å². The lowest BCUT2D eigenvalue weighted by Gasteiger charge is -2.27. The average Bonchev–Trinajstić information content (AvgIpc) is 3.44. The number of carbonyl (C=O) groups excluding carboxylic acids is 1. The second-order valence-corrected chi connectivity index (χ2v) is 13.8. The molecule has 220 valence electrons. The number of carbonyl (C=O) groups is 1. The summed E-state index contributed by atoms with van der Waals surface area (Å²) in [5.41, 5.74) is 5.82. The van der Waals surface area contributed by atoms with Crippen LogP contribution in [0, 0.1) is 13.8 Å². The first-order valence-electron chi connectivity index (χ1n) is 13.9. The van der Waals surface area contributed by atoms with Crippen LogP contribution < -0.4 is 9.62 Å². The van der Waals surface area contributed by atoms with Gasteiger partial charge in [0.05, 0.1) is 32.9 Å². The van der Waals surface area contributed by atoms with Gasteiger partial charge in [-0.3, -0.25) is 9.10 Å². The van der Waals surface area contributed by atoms with Crippen LogP contribution in [0.25, 0.3) is 20.8 Å². The van der Waals surface area contributed by atoms with Gasteiger partial charge in [-0.2, -0.15) is 0 Å². The molecule has 0 fully saturated rings. The summed E-state index contributed by atoms with van der Waals surface area (Å²) in [6.07, 6.45) is 0. The van der Waals surface area contributed by atoms with Crippen molar-refractivity contribution in [1.29, 1.82) is 0 Å². The molecule has 6 rings (SSSR count). The van der Waals surface area contributed by atoms with Crippen LogP contribution in [0.2, 0.25) is 5.02 Å². The van der Waals surface area contributed by atoms with Gasteiger partial charge in [0.15, 0.2) is 0 Å². The first-order chi connectivity index (χ1) is 21.2. The van der Waals surface area contributed by atoms with E-state index in [4.69, 9.17) is 16.6 Å². The number of nitrogens with zero attached hydrogens (tertiary/aromatic N) is 2. The summed E-state index contributed by atoms with van der Waals surface area (Å²) in [6.45, 7) is 3.96. The van der Waals surface area contributed by atoms with E-state index in [2.05, 4.69) is 18.3 Å². The van der Waals surface area contributed by atoms with E-state index in [9.17, 15) is 13.2 Å². The Labute approximate surface area is 265 Å². The van der Waals surface area contributed by atoms with Gasteiger partial charge in [0.25, 0.3) is 15.9 Å².